The van der Waals surface area contributed by atoms with E-state index in [2.05, 4.69) is 33.7 Å². The molecule has 0 aliphatic heterocycles. The Labute approximate surface area is 189 Å². The summed E-state index contributed by atoms with van der Waals surface area (Å²) in [5.74, 6) is 0.378. The van der Waals surface area contributed by atoms with Crippen LogP contribution in [0, 0.1) is 0 Å². The van der Waals surface area contributed by atoms with Gasteiger partial charge < -0.3 is 0 Å². The van der Waals surface area contributed by atoms with Gasteiger partial charge in [0.15, 0.2) is 11.2 Å². The summed E-state index contributed by atoms with van der Waals surface area (Å²) in [5.41, 5.74) is 4.73. The number of aryl methyl sites for hydroxylation is 1. The molecule has 33 heavy (non-hydrogen) atoms. The Bertz CT molecular complexity index is 1620. The average molecular weight is 438 g/mol. The van der Waals surface area contributed by atoms with E-state index in [4.69, 9.17) is 0 Å². The summed E-state index contributed by atoms with van der Waals surface area (Å²) >= 11 is 0. The Morgan fingerprint density at radius 1 is 0.909 bits per heavy atom. The number of nitrogens with zero attached hydrogens (tertiary/aromatic N) is 5. The minimum atomic E-state index is -0.429. The zero-order valence-corrected chi connectivity index (χ0v) is 18.3. The number of hydrazone groups is 1. The fourth-order valence-electron chi connectivity index (χ4n) is 3.99. The molecule has 2 heterocycles. The van der Waals surface area contributed by atoms with Crippen LogP contribution in [0.5, 0.6) is 0 Å². The topological polar surface area (TPSA) is 86.2 Å². The van der Waals surface area contributed by atoms with Crippen molar-refractivity contribution in [1.29, 1.82) is 0 Å². The third-order valence-electron chi connectivity index (χ3n) is 5.73. The van der Waals surface area contributed by atoms with E-state index >= 15 is 0 Å². The number of hydrogen-bond acceptors (Lipinski definition) is 5. The van der Waals surface area contributed by atoms with Crippen LogP contribution in [0.3, 0.4) is 0 Å². The molecule has 5 rings (SSSR count). The molecule has 0 spiro atoms. The molecular weight excluding hydrogens is 416 g/mol. The number of aromatic nitrogens is 4. The molecule has 0 saturated carbocycles. The maximum absolute atomic E-state index is 13.1. The Morgan fingerprint density at radius 3 is 2.45 bits per heavy atom. The van der Waals surface area contributed by atoms with E-state index in [0.29, 0.717) is 23.7 Å². The molecule has 8 heteroatoms. The highest BCUT2D eigenvalue weighted by molar-refractivity contribution is 5.86. The van der Waals surface area contributed by atoms with Crippen molar-refractivity contribution in [3.63, 3.8) is 0 Å². The van der Waals surface area contributed by atoms with Gasteiger partial charge in [0.25, 0.3) is 5.56 Å². The average Bonchev–Trinajstić information content (AvgIpc) is 3.20. The van der Waals surface area contributed by atoms with Crippen LogP contribution in [0.2, 0.25) is 0 Å². The highest BCUT2D eigenvalue weighted by Gasteiger charge is 2.19. The number of hydrogen-bond donors (Lipinski definition) is 1. The third-order valence-corrected chi connectivity index (χ3v) is 5.73. The van der Waals surface area contributed by atoms with E-state index in [9.17, 15) is 9.59 Å². The second kappa shape index (κ2) is 8.23. The minimum Gasteiger partial charge on any atom is -0.298 e. The van der Waals surface area contributed by atoms with Gasteiger partial charge in [-0.25, -0.2) is 10.2 Å². The fraction of sp³-hybridized carbons (Fsp3) is 0.120. The number of benzene rings is 3. The Kier molecular flexibility index (Phi) is 5.10. The first-order valence-electron chi connectivity index (χ1n) is 10.5. The monoisotopic (exact) mass is 438 g/mol. The van der Waals surface area contributed by atoms with E-state index in [-0.39, 0.29) is 0 Å². The van der Waals surface area contributed by atoms with Crippen LogP contribution in [0.25, 0.3) is 21.9 Å². The van der Waals surface area contributed by atoms with Crippen molar-refractivity contribution in [2.45, 2.75) is 6.54 Å². The molecule has 0 bridgehead atoms. The third kappa shape index (κ3) is 3.61. The Morgan fingerprint density at radius 2 is 1.64 bits per heavy atom. The molecule has 5 aromatic rings. The van der Waals surface area contributed by atoms with Crippen molar-refractivity contribution in [3.05, 3.63) is 105 Å². The van der Waals surface area contributed by atoms with E-state index in [1.54, 1.807) is 17.8 Å². The molecule has 8 nitrogen and oxygen atoms in total. The SMILES string of the molecule is Cn1c(=O)c2c(nc(N/N=C/c3ccccc3)n2Cc2cccc3ccccc23)n(C)c1=O. The molecule has 0 fully saturated rings. The van der Waals surface area contributed by atoms with Gasteiger partial charge in [-0.1, -0.05) is 72.8 Å². The zero-order chi connectivity index (χ0) is 22.9. The molecule has 0 radical (unpaired) electrons. The molecule has 0 amide bonds. The van der Waals surface area contributed by atoms with Crippen molar-refractivity contribution in [2.24, 2.45) is 19.2 Å². The van der Waals surface area contributed by atoms with Crippen molar-refractivity contribution < 1.29 is 0 Å². The molecule has 0 aliphatic rings. The molecule has 164 valence electrons. The summed E-state index contributed by atoms with van der Waals surface area (Å²) in [6, 6.07) is 23.8. The van der Waals surface area contributed by atoms with Crippen molar-refractivity contribution in [2.75, 3.05) is 5.43 Å². The van der Waals surface area contributed by atoms with E-state index in [1.165, 1.54) is 11.6 Å². The summed E-state index contributed by atoms with van der Waals surface area (Å²) in [4.78, 5) is 30.2. The van der Waals surface area contributed by atoms with E-state index < -0.39 is 11.2 Å². The van der Waals surface area contributed by atoms with Crippen LogP contribution in [0.4, 0.5) is 5.95 Å². The van der Waals surface area contributed by atoms with Gasteiger partial charge in [-0.05, 0) is 21.9 Å². The highest BCUT2D eigenvalue weighted by atomic mass is 16.2. The molecule has 2 aromatic heterocycles. The van der Waals surface area contributed by atoms with Gasteiger partial charge in [-0.3, -0.25) is 18.5 Å². The van der Waals surface area contributed by atoms with Gasteiger partial charge in [0.05, 0.1) is 12.8 Å². The number of rotatable bonds is 5. The highest BCUT2D eigenvalue weighted by Crippen LogP contribution is 2.23. The first-order valence-corrected chi connectivity index (χ1v) is 10.5. The van der Waals surface area contributed by atoms with Crippen LogP contribution in [0.15, 0.2) is 87.5 Å². The van der Waals surface area contributed by atoms with Gasteiger partial charge in [-0.15, -0.1) is 0 Å². The fourth-order valence-corrected chi connectivity index (χ4v) is 3.99. The maximum atomic E-state index is 13.1. The first-order chi connectivity index (χ1) is 16.0. The summed E-state index contributed by atoms with van der Waals surface area (Å²) < 4.78 is 4.25. The standard InChI is InChI=1S/C25H22N6O2/c1-29-22-21(23(32)30(2)25(29)33)31(16-19-13-8-12-18-11-6-7-14-20(18)19)24(27-22)28-26-15-17-9-4-3-5-10-17/h3-15H,16H2,1-2H3,(H,27,28)/b26-15+. The van der Waals surface area contributed by atoms with Crippen LogP contribution in [-0.4, -0.2) is 24.9 Å². The second-order valence-electron chi connectivity index (χ2n) is 7.82. The largest absolute Gasteiger partial charge is 0.332 e. The Hall–Kier alpha value is -4.46. The molecule has 0 atom stereocenters. The number of anilines is 1. The molecule has 0 saturated heterocycles. The number of fused-ring (bicyclic) bond motifs is 2. The van der Waals surface area contributed by atoms with Crippen LogP contribution >= 0.6 is 0 Å². The van der Waals surface area contributed by atoms with Gasteiger partial charge in [-0.2, -0.15) is 10.1 Å². The smallest absolute Gasteiger partial charge is 0.298 e. The van der Waals surface area contributed by atoms with Crippen molar-refractivity contribution in [1.82, 2.24) is 18.7 Å². The second-order valence-corrected chi connectivity index (χ2v) is 7.82. The lowest BCUT2D eigenvalue weighted by Gasteiger charge is -2.11. The molecule has 0 aliphatic carbocycles. The predicted octanol–water partition coefficient (Wildman–Crippen LogP) is 3.08. The van der Waals surface area contributed by atoms with Crippen LogP contribution < -0.4 is 16.7 Å². The summed E-state index contributed by atoms with van der Waals surface area (Å²) in [6.45, 7) is 0.383. The van der Waals surface area contributed by atoms with Crippen molar-refractivity contribution >= 4 is 34.1 Å². The lowest BCUT2D eigenvalue weighted by molar-refractivity contribution is 0.703. The summed E-state index contributed by atoms with van der Waals surface area (Å²) in [6.07, 6.45) is 1.68. The predicted molar refractivity (Wildman–Crippen MR) is 131 cm³/mol. The number of nitrogens with one attached hydrogen (secondary N) is 1. The summed E-state index contributed by atoms with van der Waals surface area (Å²) in [5, 5.41) is 6.51. The maximum Gasteiger partial charge on any atom is 0.332 e. The quantitative estimate of drug-likeness (QED) is 0.338. The van der Waals surface area contributed by atoms with Gasteiger partial charge in [0.2, 0.25) is 5.95 Å². The van der Waals surface area contributed by atoms with E-state index in [0.717, 1.165) is 26.5 Å². The van der Waals surface area contributed by atoms with Gasteiger partial charge in [0, 0.05) is 14.1 Å². The van der Waals surface area contributed by atoms with Crippen molar-refractivity contribution in [3.8, 4) is 0 Å². The van der Waals surface area contributed by atoms with Gasteiger partial charge >= 0.3 is 5.69 Å². The summed E-state index contributed by atoms with van der Waals surface area (Å²) in [7, 11) is 3.08. The lowest BCUT2D eigenvalue weighted by atomic mass is 10.0. The normalized spacial score (nSPS) is 11.6. The molecule has 3 aromatic carbocycles. The van der Waals surface area contributed by atoms with Crippen LogP contribution in [-0.2, 0) is 20.6 Å². The number of imidazole rings is 1. The van der Waals surface area contributed by atoms with Crippen LogP contribution in [0.1, 0.15) is 11.1 Å². The first kappa shape index (κ1) is 20.4. The zero-order valence-electron chi connectivity index (χ0n) is 18.3. The minimum absolute atomic E-state index is 0.306. The molecule has 1 N–H and O–H groups in total. The van der Waals surface area contributed by atoms with Gasteiger partial charge in [0.1, 0.15) is 0 Å². The van der Waals surface area contributed by atoms with E-state index in [1.807, 2.05) is 54.6 Å². The lowest BCUT2D eigenvalue weighted by Crippen LogP contribution is -2.37. The molecule has 0 unspecified atom stereocenters. The molecular formula is C25H22N6O2. The Balaban J connectivity index is 1.67.